The van der Waals surface area contributed by atoms with Gasteiger partial charge < -0.3 is 24.8 Å². The third kappa shape index (κ3) is 2.81. The van der Waals surface area contributed by atoms with E-state index in [1.165, 1.54) is 22.3 Å². The number of pyridine rings is 1. The van der Waals surface area contributed by atoms with E-state index in [2.05, 4.69) is 62.1 Å². The molecule has 0 saturated carbocycles. The predicted octanol–water partition coefficient (Wildman–Crippen LogP) is -2.77. The number of aromatic amines is 1. The first kappa shape index (κ1) is 21.8. The van der Waals surface area contributed by atoms with Crippen LogP contribution < -0.4 is 35.6 Å². The summed E-state index contributed by atoms with van der Waals surface area (Å²) in [4.78, 5) is 15.1. The summed E-state index contributed by atoms with van der Waals surface area (Å²) in [6.45, 7) is 13.4. The molecule has 0 aromatic carbocycles. The van der Waals surface area contributed by atoms with Crippen molar-refractivity contribution in [2.75, 3.05) is 0 Å². The van der Waals surface area contributed by atoms with E-state index in [4.69, 9.17) is 0 Å². The van der Waals surface area contributed by atoms with Gasteiger partial charge in [0.15, 0.2) is 0 Å². The Kier molecular flexibility index (Phi) is 7.03. The zero-order valence-electron chi connectivity index (χ0n) is 13.8. The molecule has 2 nitrogen and oxygen atoms in total. The molecule has 22 heavy (non-hydrogen) atoms. The van der Waals surface area contributed by atoms with E-state index in [0.29, 0.717) is 0 Å². The van der Waals surface area contributed by atoms with Gasteiger partial charge in [0.2, 0.25) is 0 Å². The minimum absolute atomic E-state index is 0. The molecule has 0 atom stereocenters. The van der Waals surface area contributed by atoms with Gasteiger partial charge in [0.1, 0.15) is 0 Å². The molecule has 1 aliphatic carbocycles. The fraction of sp³-hybridized carbons (Fsp3) is 0.438. The van der Waals surface area contributed by atoms with Gasteiger partial charge in [0, 0.05) is 0 Å². The second-order valence-electron chi connectivity index (χ2n) is 6.22. The Labute approximate surface area is 154 Å². The second-order valence-corrected chi connectivity index (χ2v) is 12.3. The smallest absolute Gasteiger partial charge is 1.00 e. The van der Waals surface area contributed by atoms with Gasteiger partial charge >= 0.3 is 130 Å². The molecule has 121 valence electrons. The van der Waals surface area contributed by atoms with Gasteiger partial charge in [-0.2, -0.15) is 0 Å². The molecule has 1 aliphatic rings. The molecule has 1 heterocycles. The van der Waals surface area contributed by atoms with E-state index in [0.717, 1.165) is 5.19 Å². The second kappa shape index (κ2) is 7.11. The summed E-state index contributed by atoms with van der Waals surface area (Å²) < 4.78 is -0.102. The summed E-state index contributed by atoms with van der Waals surface area (Å²) in [5.74, 6) is 0. The van der Waals surface area contributed by atoms with Gasteiger partial charge in [-0.15, -0.1) is 0 Å². The largest absolute Gasteiger partial charge is 1.00 e. The number of allylic oxidation sites excluding steroid dienone is 4. The number of hydrogen-bond donors (Lipinski definition) is 1. The van der Waals surface area contributed by atoms with Gasteiger partial charge in [-0.05, 0) is 0 Å². The van der Waals surface area contributed by atoms with E-state index >= 15 is 0 Å². The predicted molar refractivity (Wildman–Crippen MR) is 83.6 cm³/mol. The molecule has 2 rings (SSSR count). The average molecular weight is 395 g/mol. The Morgan fingerprint density at radius 1 is 1.05 bits per heavy atom. The van der Waals surface area contributed by atoms with Crippen LogP contribution >= 0.6 is 0 Å². The fourth-order valence-corrected chi connectivity index (χ4v) is 8.19. The number of rotatable bonds is 2. The molecule has 1 aromatic rings. The standard InChI is InChI=1S/C16H22NOSi.2ClH.Cr/c1-10-11(2)13(4)15(12(10)3)19(5,6)14-8-7-9-17-16(14)18;;;/h7-9H,1-6H3,(H,17,18);2*1H;/q;;;+2/p-2. The minimum atomic E-state index is -2.04. The molecule has 0 saturated heterocycles. The Bertz CT molecular complexity index is 667. The third-order valence-electron chi connectivity index (χ3n) is 5.12. The van der Waals surface area contributed by atoms with Crippen molar-refractivity contribution in [1.29, 1.82) is 0 Å². The third-order valence-corrected chi connectivity index (χ3v) is 12.7. The first-order chi connectivity index (χ1) is 9.15. The summed E-state index contributed by atoms with van der Waals surface area (Å²) in [7, 11) is -2.04. The average Bonchev–Trinajstić information content (AvgIpc) is 2.56. The molecule has 0 fully saturated rings. The number of nitrogens with one attached hydrogen (secondary N) is 1. The molecule has 0 radical (unpaired) electrons. The van der Waals surface area contributed by atoms with Crippen LogP contribution in [0.4, 0.5) is 0 Å². The van der Waals surface area contributed by atoms with Gasteiger partial charge in [-0.3, -0.25) is 0 Å². The van der Waals surface area contributed by atoms with Gasteiger partial charge in [0.25, 0.3) is 0 Å². The van der Waals surface area contributed by atoms with Gasteiger partial charge in [-0.1, -0.05) is 0 Å². The summed E-state index contributed by atoms with van der Waals surface area (Å²) in [6, 6.07) is 3.93. The van der Waals surface area contributed by atoms with Crippen molar-refractivity contribution in [3.8, 4) is 0 Å². The normalized spacial score (nSPS) is 17.1. The molecule has 0 amide bonds. The molecule has 0 aliphatic heterocycles. The molecule has 1 aromatic heterocycles. The van der Waals surface area contributed by atoms with Crippen molar-refractivity contribution in [2.45, 2.75) is 44.7 Å². The molecule has 0 bridgehead atoms. The van der Waals surface area contributed by atoms with E-state index < -0.39 is 8.07 Å². The number of aromatic nitrogens is 1. The van der Waals surface area contributed by atoms with Crippen LogP contribution in [0.5, 0.6) is 0 Å². The van der Waals surface area contributed by atoms with Crippen molar-refractivity contribution < 1.29 is 41.1 Å². The van der Waals surface area contributed by atoms with Crippen LogP contribution in [0.15, 0.2) is 45.4 Å². The molecule has 6 heteroatoms. The van der Waals surface area contributed by atoms with Crippen LogP contribution in [-0.4, -0.2) is 13.1 Å². The Hall–Kier alpha value is -0.241. The molecule has 0 spiro atoms. The van der Waals surface area contributed by atoms with Gasteiger partial charge in [-0.25, -0.2) is 0 Å². The molecular weight excluding hydrogens is 373 g/mol. The maximum absolute atomic E-state index is 12.3. The Balaban J connectivity index is 0.00000220. The zero-order chi connectivity index (χ0) is 15.3. The number of halogens is 2. The first-order valence-electron chi connectivity index (χ1n) is 6.90. The summed E-state index contributed by atoms with van der Waals surface area (Å²) in [5, 5.41) is 0.958. The quantitative estimate of drug-likeness (QED) is 0.541. The van der Waals surface area contributed by atoms with Crippen LogP contribution in [0, 0.1) is 0 Å². The van der Waals surface area contributed by atoms with Crippen LogP contribution in [0.3, 0.4) is 0 Å². The Morgan fingerprint density at radius 3 is 1.91 bits per heavy atom. The van der Waals surface area contributed by atoms with E-state index in [1.54, 1.807) is 6.20 Å². The van der Waals surface area contributed by atoms with Crippen LogP contribution in [0.1, 0.15) is 27.7 Å². The summed E-state index contributed by atoms with van der Waals surface area (Å²) in [5.41, 5.74) is 5.56. The summed E-state index contributed by atoms with van der Waals surface area (Å²) in [6.07, 6.45) is 1.71. The maximum Gasteiger partial charge on any atom is -1.00 e. The molecule has 0 unspecified atom stereocenters. The van der Waals surface area contributed by atoms with Crippen molar-refractivity contribution >= 4 is 13.3 Å². The minimum Gasteiger partial charge on any atom is -1.00 e. The Morgan fingerprint density at radius 2 is 1.50 bits per heavy atom. The summed E-state index contributed by atoms with van der Waals surface area (Å²) >= 11 is 3.47. The maximum atomic E-state index is 12.3. The van der Waals surface area contributed by atoms with Crippen LogP contribution in [0.2, 0.25) is 17.0 Å². The van der Waals surface area contributed by atoms with E-state index in [9.17, 15) is 4.79 Å². The molecular formula is C16H22Cl2CrNOSi. The zero-order valence-corrected chi connectivity index (χ0v) is 17.6. The van der Waals surface area contributed by atoms with Crippen LogP contribution in [-0.2, 0) is 16.3 Å². The number of H-pyrrole nitrogens is 1. The van der Waals surface area contributed by atoms with Crippen molar-refractivity contribution in [3.63, 3.8) is 0 Å². The van der Waals surface area contributed by atoms with Crippen LogP contribution in [0.25, 0.3) is 0 Å². The fourth-order valence-electron chi connectivity index (χ4n) is 3.41. The monoisotopic (exact) mass is 394 g/mol. The van der Waals surface area contributed by atoms with Gasteiger partial charge in [0.05, 0.1) is 0 Å². The SMILES string of the molecule is CC1=C(C)[C]([Cr+2])([Si](C)(C)c2ccc[nH]c2=O)C(C)=C1C.[Cl-].[Cl-]. The van der Waals surface area contributed by atoms with E-state index in [-0.39, 0.29) is 34.3 Å². The van der Waals surface area contributed by atoms with Crippen molar-refractivity contribution in [1.82, 2.24) is 4.98 Å². The van der Waals surface area contributed by atoms with E-state index in [1.807, 2.05) is 12.1 Å². The van der Waals surface area contributed by atoms with Crippen molar-refractivity contribution in [2.24, 2.45) is 0 Å². The first-order valence-corrected chi connectivity index (χ1v) is 10.5. The molecule has 1 N–H and O–H groups in total. The van der Waals surface area contributed by atoms with Crippen molar-refractivity contribution in [3.05, 3.63) is 51.0 Å². The number of hydrogen-bond acceptors (Lipinski definition) is 1. The topological polar surface area (TPSA) is 32.9 Å².